The third-order valence-corrected chi connectivity index (χ3v) is 3.95. The molecule has 0 saturated carbocycles. The fourth-order valence-corrected chi connectivity index (χ4v) is 2.65. The number of carbonyl (C=O) groups excluding carboxylic acids is 2. The van der Waals surface area contributed by atoms with Crippen molar-refractivity contribution in [3.63, 3.8) is 0 Å². The van der Waals surface area contributed by atoms with E-state index in [4.69, 9.17) is 4.74 Å². The topological polar surface area (TPSA) is 55.4 Å². The van der Waals surface area contributed by atoms with Gasteiger partial charge in [0.2, 0.25) is 0 Å². The smallest absolute Gasteiger partial charge is 0.339 e. The second kappa shape index (κ2) is 7.18. The highest BCUT2D eigenvalue weighted by atomic mass is 16.5. The molecule has 25 heavy (non-hydrogen) atoms. The Bertz CT molecular complexity index is 928. The van der Waals surface area contributed by atoms with Crippen molar-refractivity contribution in [2.45, 2.75) is 20.0 Å². The molecule has 0 spiro atoms. The van der Waals surface area contributed by atoms with Crippen LogP contribution in [0.1, 0.15) is 22.8 Å². The highest BCUT2D eigenvalue weighted by Gasteiger charge is 2.20. The van der Waals surface area contributed by atoms with Gasteiger partial charge in [0, 0.05) is 5.69 Å². The number of fused-ring (bicyclic) bond motifs is 1. The average molecular weight is 333 g/mol. The minimum Gasteiger partial charge on any atom is -0.449 e. The molecular weight excluding hydrogens is 314 g/mol. The van der Waals surface area contributed by atoms with Gasteiger partial charge in [0.05, 0.1) is 5.56 Å². The molecule has 0 unspecified atom stereocenters. The van der Waals surface area contributed by atoms with Crippen LogP contribution in [0.4, 0.5) is 5.69 Å². The maximum absolute atomic E-state index is 12.5. The van der Waals surface area contributed by atoms with Gasteiger partial charge in [0.1, 0.15) is 0 Å². The summed E-state index contributed by atoms with van der Waals surface area (Å²) in [7, 11) is 0. The first-order valence-corrected chi connectivity index (χ1v) is 8.11. The normalized spacial score (nSPS) is 11.8. The van der Waals surface area contributed by atoms with E-state index in [1.165, 1.54) is 0 Å². The first kappa shape index (κ1) is 16.7. The van der Waals surface area contributed by atoms with E-state index in [2.05, 4.69) is 5.32 Å². The summed E-state index contributed by atoms with van der Waals surface area (Å²) in [5.74, 6) is -0.872. The summed E-state index contributed by atoms with van der Waals surface area (Å²) in [6.07, 6.45) is -0.896. The van der Waals surface area contributed by atoms with Crippen molar-refractivity contribution in [3.05, 3.63) is 77.9 Å². The summed E-state index contributed by atoms with van der Waals surface area (Å²) in [4.78, 5) is 24.7. The lowest BCUT2D eigenvalue weighted by atomic mass is 10.0. The second-order valence-electron chi connectivity index (χ2n) is 5.93. The molecule has 3 aromatic rings. The van der Waals surface area contributed by atoms with Crippen LogP contribution >= 0.6 is 0 Å². The molecule has 0 saturated heterocycles. The molecule has 4 nitrogen and oxygen atoms in total. The van der Waals surface area contributed by atoms with Gasteiger partial charge in [0.15, 0.2) is 6.10 Å². The number of carbonyl (C=O) groups is 2. The van der Waals surface area contributed by atoms with E-state index in [0.717, 1.165) is 16.3 Å². The number of nitrogens with one attached hydrogen (secondary N) is 1. The number of rotatable bonds is 4. The number of anilines is 1. The van der Waals surface area contributed by atoms with Crippen LogP contribution in [-0.4, -0.2) is 18.0 Å². The number of aryl methyl sites for hydroxylation is 1. The minimum atomic E-state index is -0.896. The van der Waals surface area contributed by atoms with Gasteiger partial charge in [-0.3, -0.25) is 4.79 Å². The summed E-state index contributed by atoms with van der Waals surface area (Å²) >= 11 is 0. The molecule has 3 aromatic carbocycles. The zero-order chi connectivity index (χ0) is 17.8. The van der Waals surface area contributed by atoms with Crippen LogP contribution in [0.2, 0.25) is 0 Å². The summed E-state index contributed by atoms with van der Waals surface area (Å²) in [5.41, 5.74) is 2.17. The lowest BCUT2D eigenvalue weighted by Gasteiger charge is -2.14. The van der Waals surface area contributed by atoms with Crippen molar-refractivity contribution < 1.29 is 14.3 Å². The number of hydrogen-bond donors (Lipinski definition) is 1. The van der Waals surface area contributed by atoms with Gasteiger partial charge in [0.25, 0.3) is 5.91 Å². The molecule has 4 heteroatoms. The molecule has 1 amide bonds. The fourth-order valence-electron chi connectivity index (χ4n) is 2.65. The standard InChI is InChI=1S/C21H19NO3/c1-14-7-5-10-17(13-14)22-20(23)15(2)25-21(24)19-12-6-9-16-8-3-4-11-18(16)19/h3-13,15H,1-2H3,(H,22,23)/t15-/m0/s1. The molecule has 0 aliphatic heterocycles. The first-order valence-electron chi connectivity index (χ1n) is 8.11. The van der Waals surface area contributed by atoms with Gasteiger partial charge in [-0.25, -0.2) is 4.79 Å². The van der Waals surface area contributed by atoms with Gasteiger partial charge in [-0.15, -0.1) is 0 Å². The second-order valence-corrected chi connectivity index (χ2v) is 5.93. The van der Waals surface area contributed by atoms with Gasteiger partial charge in [-0.2, -0.15) is 0 Å². The summed E-state index contributed by atoms with van der Waals surface area (Å²) in [6.45, 7) is 3.51. The fraction of sp³-hybridized carbons (Fsp3) is 0.143. The number of hydrogen-bond acceptors (Lipinski definition) is 3. The highest BCUT2D eigenvalue weighted by molar-refractivity contribution is 6.05. The van der Waals surface area contributed by atoms with E-state index in [1.54, 1.807) is 25.1 Å². The van der Waals surface area contributed by atoms with Gasteiger partial charge >= 0.3 is 5.97 Å². The molecule has 0 aliphatic rings. The molecule has 126 valence electrons. The predicted molar refractivity (Wildman–Crippen MR) is 98.6 cm³/mol. The number of ether oxygens (including phenoxy) is 1. The van der Waals surface area contributed by atoms with E-state index in [-0.39, 0.29) is 5.91 Å². The molecule has 1 atom stereocenters. The van der Waals surface area contributed by atoms with Crippen molar-refractivity contribution in [3.8, 4) is 0 Å². The Morgan fingerprint density at radius 3 is 2.48 bits per heavy atom. The van der Waals surface area contributed by atoms with Gasteiger partial charge < -0.3 is 10.1 Å². The Kier molecular flexibility index (Phi) is 4.80. The molecule has 0 fully saturated rings. The summed E-state index contributed by atoms with van der Waals surface area (Å²) in [6, 6.07) is 20.5. The third kappa shape index (κ3) is 3.86. The Morgan fingerprint density at radius 1 is 0.960 bits per heavy atom. The molecule has 0 aliphatic carbocycles. The Hall–Kier alpha value is -3.14. The molecule has 0 heterocycles. The third-order valence-electron chi connectivity index (χ3n) is 3.95. The Labute approximate surface area is 146 Å². The average Bonchev–Trinajstić information content (AvgIpc) is 2.61. The van der Waals surface area contributed by atoms with E-state index in [9.17, 15) is 9.59 Å². The minimum absolute atomic E-state index is 0.362. The molecule has 0 bridgehead atoms. The Balaban J connectivity index is 1.72. The molecule has 3 rings (SSSR count). The molecule has 1 N–H and O–H groups in total. The number of benzene rings is 3. The lowest BCUT2D eigenvalue weighted by Crippen LogP contribution is -2.30. The quantitative estimate of drug-likeness (QED) is 0.723. The maximum Gasteiger partial charge on any atom is 0.339 e. The lowest BCUT2D eigenvalue weighted by molar-refractivity contribution is -0.123. The van der Waals surface area contributed by atoms with Crippen LogP contribution in [0.15, 0.2) is 66.7 Å². The number of esters is 1. The molecule has 0 radical (unpaired) electrons. The van der Waals surface area contributed by atoms with E-state index in [0.29, 0.717) is 11.3 Å². The van der Waals surface area contributed by atoms with Crippen LogP contribution < -0.4 is 5.32 Å². The number of amides is 1. The van der Waals surface area contributed by atoms with Crippen LogP contribution in [0.3, 0.4) is 0 Å². The molecular formula is C21H19NO3. The highest BCUT2D eigenvalue weighted by Crippen LogP contribution is 2.20. The van der Waals surface area contributed by atoms with Crippen LogP contribution in [-0.2, 0) is 9.53 Å². The van der Waals surface area contributed by atoms with Crippen LogP contribution in [0.5, 0.6) is 0 Å². The summed E-state index contributed by atoms with van der Waals surface area (Å²) < 4.78 is 5.36. The van der Waals surface area contributed by atoms with Crippen molar-refractivity contribution in [1.29, 1.82) is 0 Å². The largest absolute Gasteiger partial charge is 0.449 e. The van der Waals surface area contributed by atoms with E-state index >= 15 is 0 Å². The van der Waals surface area contributed by atoms with Crippen LogP contribution in [0.25, 0.3) is 10.8 Å². The van der Waals surface area contributed by atoms with Crippen LogP contribution in [0, 0.1) is 6.92 Å². The van der Waals surface area contributed by atoms with E-state index < -0.39 is 12.1 Å². The SMILES string of the molecule is Cc1cccc(NC(=O)[C@H](C)OC(=O)c2cccc3ccccc23)c1. The Morgan fingerprint density at radius 2 is 1.68 bits per heavy atom. The van der Waals surface area contributed by atoms with E-state index in [1.807, 2.05) is 55.5 Å². The van der Waals surface area contributed by atoms with Crippen molar-refractivity contribution >= 4 is 28.3 Å². The zero-order valence-corrected chi connectivity index (χ0v) is 14.2. The monoisotopic (exact) mass is 333 g/mol. The predicted octanol–water partition coefficient (Wildman–Crippen LogP) is 4.33. The van der Waals surface area contributed by atoms with Gasteiger partial charge in [-0.1, -0.05) is 48.5 Å². The summed E-state index contributed by atoms with van der Waals surface area (Å²) in [5, 5.41) is 4.52. The van der Waals surface area contributed by atoms with Crippen molar-refractivity contribution in [2.75, 3.05) is 5.32 Å². The molecule has 0 aromatic heterocycles. The first-order chi connectivity index (χ1) is 12.0. The van der Waals surface area contributed by atoms with Gasteiger partial charge in [-0.05, 0) is 48.4 Å². The van der Waals surface area contributed by atoms with Crippen molar-refractivity contribution in [1.82, 2.24) is 0 Å². The van der Waals surface area contributed by atoms with Crippen molar-refractivity contribution in [2.24, 2.45) is 0 Å². The zero-order valence-electron chi connectivity index (χ0n) is 14.2. The maximum atomic E-state index is 12.5.